The van der Waals surface area contributed by atoms with Crippen molar-refractivity contribution in [2.24, 2.45) is 5.41 Å². The number of ether oxygens (including phenoxy) is 1. The molecule has 1 heterocycles. The second kappa shape index (κ2) is 2.11. The normalized spacial score (nSPS) is 39.3. The molecule has 1 N–H and O–H groups in total. The van der Waals surface area contributed by atoms with Gasteiger partial charge in [0.15, 0.2) is 0 Å². The lowest BCUT2D eigenvalue weighted by molar-refractivity contribution is -0.146. The molecule has 0 aromatic carbocycles. The Hall–Kier alpha value is -0.280. The molecule has 2 rings (SSSR count). The Balaban J connectivity index is 2.19. The standard InChI is InChI=1S/C7H9ClO3/c8-5-4(3-9)11-6(10)7(5)1-2-7/h4-5,9H,1-3H2. The van der Waals surface area contributed by atoms with E-state index in [4.69, 9.17) is 21.4 Å². The van der Waals surface area contributed by atoms with E-state index in [1.807, 2.05) is 0 Å². The fraction of sp³-hybridized carbons (Fsp3) is 0.857. The zero-order valence-electron chi connectivity index (χ0n) is 5.92. The minimum Gasteiger partial charge on any atom is -0.458 e. The molecule has 0 aromatic rings. The van der Waals surface area contributed by atoms with E-state index < -0.39 is 11.5 Å². The van der Waals surface area contributed by atoms with Crippen molar-refractivity contribution in [2.45, 2.75) is 24.3 Å². The minimum atomic E-state index is -0.480. The average molecular weight is 177 g/mol. The van der Waals surface area contributed by atoms with Crippen LogP contribution in [0.15, 0.2) is 0 Å². The van der Waals surface area contributed by atoms with Crippen LogP contribution in [0.1, 0.15) is 12.8 Å². The zero-order chi connectivity index (χ0) is 8.06. The van der Waals surface area contributed by atoms with Crippen molar-refractivity contribution >= 4 is 17.6 Å². The first kappa shape index (κ1) is 7.37. The molecule has 0 aromatic heterocycles. The van der Waals surface area contributed by atoms with Crippen molar-refractivity contribution in [3.63, 3.8) is 0 Å². The summed E-state index contributed by atoms with van der Waals surface area (Å²) < 4.78 is 4.88. The highest BCUT2D eigenvalue weighted by atomic mass is 35.5. The van der Waals surface area contributed by atoms with Gasteiger partial charge in [0.1, 0.15) is 6.10 Å². The van der Waals surface area contributed by atoms with Crippen LogP contribution in [-0.2, 0) is 9.53 Å². The molecule has 3 nitrogen and oxygen atoms in total. The minimum absolute atomic E-state index is 0.165. The van der Waals surface area contributed by atoms with Crippen molar-refractivity contribution < 1.29 is 14.6 Å². The lowest BCUT2D eigenvalue weighted by atomic mass is 10.0. The summed E-state index contributed by atoms with van der Waals surface area (Å²) in [5.74, 6) is -0.225. The Kier molecular flexibility index (Phi) is 1.41. The van der Waals surface area contributed by atoms with E-state index in [0.717, 1.165) is 12.8 Å². The van der Waals surface area contributed by atoms with Crippen LogP contribution < -0.4 is 0 Å². The van der Waals surface area contributed by atoms with Gasteiger partial charge in [-0.05, 0) is 12.8 Å². The average Bonchev–Trinajstić information content (AvgIpc) is 2.74. The fourth-order valence-corrected chi connectivity index (χ4v) is 1.97. The summed E-state index contributed by atoms with van der Waals surface area (Å²) in [5.41, 5.74) is -0.422. The number of aliphatic hydroxyl groups excluding tert-OH is 1. The molecule has 1 aliphatic heterocycles. The Morgan fingerprint density at radius 1 is 1.73 bits per heavy atom. The Morgan fingerprint density at radius 3 is 2.64 bits per heavy atom. The van der Waals surface area contributed by atoms with Crippen molar-refractivity contribution in [3.8, 4) is 0 Å². The molecule has 62 valence electrons. The predicted molar refractivity (Wildman–Crippen MR) is 38.3 cm³/mol. The van der Waals surface area contributed by atoms with Crippen LogP contribution in [0.4, 0.5) is 0 Å². The number of cyclic esters (lactones) is 1. The smallest absolute Gasteiger partial charge is 0.314 e. The van der Waals surface area contributed by atoms with E-state index in [-0.39, 0.29) is 18.0 Å². The number of rotatable bonds is 1. The van der Waals surface area contributed by atoms with Crippen molar-refractivity contribution in [2.75, 3.05) is 6.61 Å². The van der Waals surface area contributed by atoms with Crippen LogP contribution in [0.5, 0.6) is 0 Å². The first-order valence-electron chi connectivity index (χ1n) is 3.67. The maximum absolute atomic E-state index is 11.1. The van der Waals surface area contributed by atoms with E-state index in [2.05, 4.69) is 0 Å². The molecule has 1 saturated heterocycles. The van der Waals surface area contributed by atoms with E-state index in [1.54, 1.807) is 0 Å². The molecule has 1 spiro atoms. The maximum Gasteiger partial charge on any atom is 0.314 e. The van der Waals surface area contributed by atoms with Crippen molar-refractivity contribution in [3.05, 3.63) is 0 Å². The lowest BCUT2D eigenvalue weighted by Gasteiger charge is -2.09. The van der Waals surface area contributed by atoms with Crippen LogP contribution in [-0.4, -0.2) is 29.2 Å². The van der Waals surface area contributed by atoms with Gasteiger partial charge in [0.05, 0.1) is 17.4 Å². The molecule has 0 radical (unpaired) electrons. The second-order valence-corrected chi connectivity index (χ2v) is 3.65. The Labute approximate surface area is 69.3 Å². The van der Waals surface area contributed by atoms with Gasteiger partial charge in [-0.1, -0.05) is 0 Å². The largest absolute Gasteiger partial charge is 0.458 e. The third kappa shape index (κ3) is 0.811. The summed E-state index contributed by atoms with van der Waals surface area (Å²) in [6.45, 7) is -0.165. The molecule has 2 unspecified atom stereocenters. The number of alkyl halides is 1. The van der Waals surface area contributed by atoms with Gasteiger partial charge in [-0.25, -0.2) is 0 Å². The van der Waals surface area contributed by atoms with Gasteiger partial charge >= 0.3 is 5.97 Å². The summed E-state index contributed by atoms with van der Waals surface area (Å²) in [4.78, 5) is 11.1. The first-order valence-corrected chi connectivity index (χ1v) is 4.10. The highest BCUT2D eigenvalue weighted by Gasteiger charge is 2.64. The number of halogens is 1. The highest BCUT2D eigenvalue weighted by Crippen LogP contribution is 2.56. The van der Waals surface area contributed by atoms with E-state index in [0.29, 0.717) is 0 Å². The topological polar surface area (TPSA) is 46.5 Å². The molecule has 4 heteroatoms. The maximum atomic E-state index is 11.1. The Morgan fingerprint density at radius 2 is 2.36 bits per heavy atom. The van der Waals surface area contributed by atoms with Gasteiger partial charge in [0.2, 0.25) is 0 Å². The van der Waals surface area contributed by atoms with Gasteiger partial charge in [0, 0.05) is 0 Å². The van der Waals surface area contributed by atoms with Crippen LogP contribution >= 0.6 is 11.6 Å². The molecule has 11 heavy (non-hydrogen) atoms. The quantitative estimate of drug-likeness (QED) is 0.462. The van der Waals surface area contributed by atoms with Crippen LogP contribution in [0.2, 0.25) is 0 Å². The number of carbonyl (C=O) groups excluding carboxylic acids is 1. The monoisotopic (exact) mass is 176 g/mol. The highest BCUT2D eigenvalue weighted by molar-refractivity contribution is 6.24. The molecule has 2 aliphatic rings. The molecule has 1 saturated carbocycles. The number of hydrogen-bond donors (Lipinski definition) is 1. The molecule has 1 aliphatic carbocycles. The van der Waals surface area contributed by atoms with E-state index in [9.17, 15) is 4.79 Å². The van der Waals surface area contributed by atoms with Crippen LogP contribution in [0.3, 0.4) is 0 Å². The summed E-state index contributed by atoms with van der Waals surface area (Å²) >= 11 is 5.92. The predicted octanol–water partition coefficient (Wildman–Crippen LogP) is 0.292. The third-order valence-corrected chi connectivity index (χ3v) is 3.19. The number of hydrogen-bond acceptors (Lipinski definition) is 3. The molecular weight excluding hydrogens is 168 g/mol. The molecule has 2 atom stereocenters. The fourth-order valence-electron chi connectivity index (χ4n) is 1.53. The van der Waals surface area contributed by atoms with Crippen LogP contribution in [0, 0.1) is 5.41 Å². The van der Waals surface area contributed by atoms with Gasteiger partial charge in [-0.15, -0.1) is 11.6 Å². The molecule has 0 amide bonds. The zero-order valence-corrected chi connectivity index (χ0v) is 6.67. The number of esters is 1. The van der Waals surface area contributed by atoms with Gasteiger partial charge < -0.3 is 9.84 Å². The summed E-state index contributed by atoms with van der Waals surface area (Å²) in [6, 6.07) is 0. The summed E-state index contributed by atoms with van der Waals surface area (Å²) in [7, 11) is 0. The number of carbonyl (C=O) groups is 1. The first-order chi connectivity index (χ1) is 5.20. The lowest BCUT2D eigenvalue weighted by Crippen LogP contribution is -2.25. The van der Waals surface area contributed by atoms with E-state index >= 15 is 0 Å². The van der Waals surface area contributed by atoms with Gasteiger partial charge in [-0.2, -0.15) is 0 Å². The van der Waals surface area contributed by atoms with E-state index in [1.165, 1.54) is 0 Å². The molecular formula is C7H9ClO3. The second-order valence-electron chi connectivity index (χ2n) is 3.18. The number of aliphatic hydroxyl groups is 1. The SMILES string of the molecule is O=C1OC(CO)C(Cl)C12CC2. The van der Waals surface area contributed by atoms with Crippen molar-refractivity contribution in [1.29, 1.82) is 0 Å². The molecule has 0 bridgehead atoms. The Bertz CT molecular complexity index is 200. The van der Waals surface area contributed by atoms with Crippen molar-refractivity contribution in [1.82, 2.24) is 0 Å². The van der Waals surface area contributed by atoms with Crippen LogP contribution in [0.25, 0.3) is 0 Å². The molecule has 2 fully saturated rings. The van der Waals surface area contributed by atoms with Gasteiger partial charge in [-0.3, -0.25) is 4.79 Å². The summed E-state index contributed by atoms with van der Waals surface area (Å²) in [5, 5.41) is 8.43. The third-order valence-electron chi connectivity index (χ3n) is 2.49. The summed E-state index contributed by atoms with van der Waals surface area (Å²) in [6.07, 6.45) is 1.15. The van der Waals surface area contributed by atoms with Gasteiger partial charge in [0.25, 0.3) is 0 Å².